The highest BCUT2D eigenvalue weighted by atomic mass is 32.2. The lowest BCUT2D eigenvalue weighted by Gasteiger charge is -2.37. The van der Waals surface area contributed by atoms with Gasteiger partial charge >= 0.3 is 6.09 Å². The average molecular weight is 511 g/mol. The molecular weight excluding hydrogens is 478 g/mol. The lowest BCUT2D eigenvalue weighted by Crippen LogP contribution is -2.44. The van der Waals surface area contributed by atoms with Crippen molar-refractivity contribution >= 4 is 16.1 Å². The Morgan fingerprint density at radius 3 is 2.40 bits per heavy atom. The van der Waals surface area contributed by atoms with Crippen LogP contribution in [0.15, 0.2) is 42.5 Å². The zero-order chi connectivity index (χ0) is 26.1. The minimum absolute atomic E-state index is 0.135. The van der Waals surface area contributed by atoms with Gasteiger partial charge in [-0.15, -0.1) is 0 Å². The van der Waals surface area contributed by atoms with Gasteiger partial charge in [0.1, 0.15) is 22.5 Å². The monoisotopic (exact) mass is 510 g/mol. The fourth-order valence-corrected chi connectivity index (χ4v) is 6.35. The maximum atomic E-state index is 15.1. The van der Waals surface area contributed by atoms with Crippen LogP contribution in [0.25, 0.3) is 0 Å². The molecule has 0 aromatic heterocycles. The predicted molar refractivity (Wildman–Crippen MR) is 127 cm³/mol. The van der Waals surface area contributed by atoms with Crippen molar-refractivity contribution in [3.63, 3.8) is 0 Å². The van der Waals surface area contributed by atoms with Crippen molar-refractivity contribution in [2.45, 2.75) is 76.9 Å². The number of hydroxylamine groups is 2. The van der Waals surface area contributed by atoms with E-state index in [4.69, 9.17) is 4.74 Å². The molecule has 192 valence electrons. The van der Waals surface area contributed by atoms with Gasteiger partial charge in [-0.25, -0.2) is 22.0 Å². The van der Waals surface area contributed by atoms with E-state index in [1.54, 1.807) is 58.0 Å². The summed E-state index contributed by atoms with van der Waals surface area (Å²) in [5.74, 6) is -1.71. The Labute approximate surface area is 205 Å². The molecule has 10 heteroatoms. The second-order valence-corrected chi connectivity index (χ2v) is 11.9. The van der Waals surface area contributed by atoms with Crippen LogP contribution in [0, 0.1) is 11.6 Å². The molecule has 1 amide bonds. The predicted octanol–water partition coefficient (Wildman–Crippen LogP) is 5.71. The maximum absolute atomic E-state index is 15.1. The summed E-state index contributed by atoms with van der Waals surface area (Å²) in [7, 11) is -3.83. The molecule has 1 fully saturated rings. The second kappa shape index (κ2) is 10.2. The van der Waals surface area contributed by atoms with E-state index in [0.717, 1.165) is 12.1 Å². The van der Waals surface area contributed by atoms with Gasteiger partial charge in [0.15, 0.2) is 0 Å². The highest BCUT2D eigenvalue weighted by Gasteiger charge is 2.41. The fourth-order valence-electron chi connectivity index (χ4n) is 4.16. The number of hydrogen-bond donors (Lipinski definition) is 1. The van der Waals surface area contributed by atoms with E-state index in [1.165, 1.54) is 11.2 Å². The van der Waals surface area contributed by atoms with Gasteiger partial charge in [0.25, 0.3) is 0 Å². The van der Waals surface area contributed by atoms with E-state index in [0.29, 0.717) is 18.4 Å². The molecule has 35 heavy (non-hydrogen) atoms. The van der Waals surface area contributed by atoms with Gasteiger partial charge in [-0.1, -0.05) is 30.3 Å². The van der Waals surface area contributed by atoms with Crippen molar-refractivity contribution in [1.29, 1.82) is 0 Å². The third-order valence-electron chi connectivity index (χ3n) is 6.09. The molecule has 0 bridgehead atoms. The topological polar surface area (TPSA) is 87.2 Å². The average Bonchev–Trinajstić information content (AvgIpc) is 2.76. The van der Waals surface area contributed by atoms with E-state index in [2.05, 4.69) is 0 Å². The molecule has 2 aromatic carbocycles. The number of benzene rings is 2. The van der Waals surface area contributed by atoms with E-state index in [1.807, 2.05) is 0 Å². The first-order valence-corrected chi connectivity index (χ1v) is 13.0. The molecule has 7 nitrogen and oxygen atoms in total. The van der Waals surface area contributed by atoms with Gasteiger partial charge in [-0.2, -0.15) is 9.37 Å². The summed E-state index contributed by atoms with van der Waals surface area (Å²) in [4.78, 5) is 12.1. The third-order valence-corrected chi connectivity index (χ3v) is 8.46. The minimum Gasteiger partial charge on any atom is -0.442 e. The van der Waals surface area contributed by atoms with Crippen LogP contribution in [0.2, 0.25) is 0 Å². The first-order valence-electron chi connectivity index (χ1n) is 11.5. The standard InChI is InChI=1S/C25H32F2N2O5S/c1-16-11-12-23(18-9-7-6-8-10-18)35(32,33)28(16)15-19-13-22(27)20(14-21(19)26)17(2)29(31)24(30)34-25(3,4)5/h6-10,13-14,16-17,23,31H,11-12,15H2,1-5H3/t16-,17?,23+/m0/s1. The summed E-state index contributed by atoms with van der Waals surface area (Å²) in [6.07, 6.45) is -0.0872. The van der Waals surface area contributed by atoms with E-state index < -0.39 is 44.6 Å². The number of ether oxygens (including phenoxy) is 1. The first kappa shape index (κ1) is 27.0. The van der Waals surface area contributed by atoms with Gasteiger partial charge < -0.3 is 4.74 Å². The molecule has 1 aliphatic heterocycles. The summed E-state index contributed by atoms with van der Waals surface area (Å²) < 4.78 is 63.2. The number of hydrogen-bond acceptors (Lipinski definition) is 5. The van der Waals surface area contributed by atoms with Crippen LogP contribution < -0.4 is 0 Å². The SMILES string of the molecule is CC(c1cc(F)c(CN2[C@@H](C)CC[C@H](c3ccccc3)S2(=O)=O)cc1F)N(O)C(=O)OC(C)(C)C. The third kappa shape index (κ3) is 5.99. The molecule has 3 atom stereocenters. The van der Waals surface area contributed by atoms with Crippen molar-refractivity contribution in [2.24, 2.45) is 0 Å². The largest absolute Gasteiger partial charge is 0.442 e. The van der Waals surface area contributed by atoms with Crippen LogP contribution in [-0.2, 0) is 21.3 Å². The summed E-state index contributed by atoms with van der Waals surface area (Å²) >= 11 is 0. The Bertz CT molecular complexity index is 1170. The van der Waals surface area contributed by atoms with Gasteiger partial charge in [0, 0.05) is 23.7 Å². The van der Waals surface area contributed by atoms with Gasteiger partial charge in [0.2, 0.25) is 10.0 Å². The molecule has 1 aliphatic rings. The summed E-state index contributed by atoms with van der Waals surface area (Å²) in [6, 6.07) is 8.99. The minimum atomic E-state index is -3.83. The lowest BCUT2D eigenvalue weighted by atomic mass is 10.0. The van der Waals surface area contributed by atoms with Crippen molar-refractivity contribution in [3.05, 3.63) is 70.8 Å². The Balaban J connectivity index is 1.86. The van der Waals surface area contributed by atoms with E-state index in [9.17, 15) is 18.4 Å². The Morgan fingerprint density at radius 1 is 1.17 bits per heavy atom. The number of rotatable bonds is 5. The van der Waals surface area contributed by atoms with E-state index >= 15 is 8.78 Å². The van der Waals surface area contributed by atoms with Crippen LogP contribution >= 0.6 is 0 Å². The molecule has 0 aliphatic carbocycles. The molecule has 0 saturated carbocycles. The Kier molecular flexibility index (Phi) is 7.88. The van der Waals surface area contributed by atoms with Crippen LogP contribution in [0.3, 0.4) is 0 Å². The van der Waals surface area contributed by atoms with Crippen LogP contribution in [0.5, 0.6) is 0 Å². The number of carbonyl (C=O) groups is 1. The lowest BCUT2D eigenvalue weighted by molar-refractivity contribution is -0.118. The summed E-state index contributed by atoms with van der Waals surface area (Å²) in [5, 5.41) is 9.61. The highest BCUT2D eigenvalue weighted by molar-refractivity contribution is 7.89. The number of carbonyl (C=O) groups excluding carboxylic acids is 1. The summed E-state index contributed by atoms with van der Waals surface area (Å²) in [5.41, 5.74) is -0.634. The first-order chi connectivity index (χ1) is 16.2. The van der Waals surface area contributed by atoms with Gasteiger partial charge in [-0.3, -0.25) is 5.21 Å². The quantitative estimate of drug-likeness (QED) is 0.411. The molecule has 1 saturated heterocycles. The fraction of sp³-hybridized carbons (Fsp3) is 0.480. The Morgan fingerprint density at radius 2 is 1.80 bits per heavy atom. The normalized spacial score (nSPS) is 21.4. The van der Waals surface area contributed by atoms with Crippen molar-refractivity contribution < 1.29 is 31.9 Å². The number of sulfonamides is 1. The molecule has 1 heterocycles. The highest BCUT2D eigenvalue weighted by Crippen LogP contribution is 2.38. The van der Waals surface area contributed by atoms with Gasteiger partial charge in [0.05, 0.1) is 6.04 Å². The maximum Gasteiger partial charge on any atom is 0.434 e. The number of nitrogens with zero attached hydrogens (tertiary/aromatic N) is 2. The van der Waals surface area contributed by atoms with Crippen molar-refractivity contribution in [2.75, 3.05) is 0 Å². The van der Waals surface area contributed by atoms with E-state index in [-0.39, 0.29) is 28.8 Å². The number of amides is 1. The van der Waals surface area contributed by atoms with Gasteiger partial charge in [-0.05, 0) is 65.2 Å². The number of halogens is 2. The van der Waals surface area contributed by atoms with Crippen LogP contribution in [0.4, 0.5) is 13.6 Å². The second-order valence-electron chi connectivity index (χ2n) is 9.88. The van der Waals surface area contributed by atoms with Crippen LogP contribution in [0.1, 0.15) is 75.4 Å². The zero-order valence-corrected chi connectivity index (χ0v) is 21.4. The molecule has 0 spiro atoms. The molecule has 0 radical (unpaired) electrons. The zero-order valence-electron chi connectivity index (χ0n) is 20.5. The molecular formula is C25H32F2N2O5S. The van der Waals surface area contributed by atoms with Crippen LogP contribution in [-0.4, -0.2) is 40.7 Å². The molecule has 2 aromatic rings. The summed E-state index contributed by atoms with van der Waals surface area (Å²) in [6.45, 7) is 7.56. The van der Waals surface area contributed by atoms with Crippen molar-refractivity contribution in [3.8, 4) is 0 Å². The Hall–Kier alpha value is -2.56. The molecule has 1 unspecified atom stereocenters. The molecule has 1 N–H and O–H groups in total. The smallest absolute Gasteiger partial charge is 0.434 e. The van der Waals surface area contributed by atoms with Crippen molar-refractivity contribution in [1.82, 2.24) is 9.37 Å². The molecule has 3 rings (SSSR count).